The standard InChI is InChI=1S/C15H9NO2/c1-7-5-10-12-8-3-2-4-9(6-8)13(12)11(7)15(18)16-14(10)17/h2-6H,1H3,(H,16,17,18). The van der Waals surface area contributed by atoms with E-state index in [0.29, 0.717) is 10.8 Å². The highest BCUT2D eigenvalue weighted by molar-refractivity contribution is 6.08. The number of aryl methyl sites for hydroxylation is 1. The number of benzene rings is 2. The highest BCUT2D eigenvalue weighted by Crippen LogP contribution is 2.44. The average Bonchev–Trinajstić information content (AvgIpc) is 2.46. The Kier molecular flexibility index (Phi) is 1.53. The molecule has 2 aromatic carbocycles. The van der Waals surface area contributed by atoms with Crippen LogP contribution in [-0.4, -0.2) is 4.98 Å². The molecule has 0 radical (unpaired) electrons. The van der Waals surface area contributed by atoms with E-state index in [4.69, 9.17) is 0 Å². The number of hydrogen-bond acceptors (Lipinski definition) is 2. The highest BCUT2D eigenvalue weighted by atomic mass is 16.2. The van der Waals surface area contributed by atoms with E-state index in [0.717, 1.165) is 27.8 Å². The molecule has 0 amide bonds. The molecule has 0 saturated heterocycles. The predicted octanol–water partition coefficient (Wildman–Crippen LogP) is 2.28. The minimum atomic E-state index is -0.304. The van der Waals surface area contributed by atoms with E-state index in [-0.39, 0.29) is 11.1 Å². The van der Waals surface area contributed by atoms with E-state index < -0.39 is 0 Å². The van der Waals surface area contributed by atoms with Crippen molar-refractivity contribution in [2.75, 3.05) is 0 Å². The van der Waals surface area contributed by atoms with Crippen molar-refractivity contribution in [3.8, 4) is 22.3 Å². The molecule has 1 aliphatic carbocycles. The van der Waals surface area contributed by atoms with Gasteiger partial charge < -0.3 is 0 Å². The van der Waals surface area contributed by atoms with Gasteiger partial charge >= 0.3 is 0 Å². The molecule has 0 spiro atoms. The zero-order chi connectivity index (χ0) is 12.4. The SMILES string of the molecule is Cc1cc2c3c(c1c(=O)[nH]c2=O)-c1cccc-3c1. The molecule has 18 heavy (non-hydrogen) atoms. The van der Waals surface area contributed by atoms with E-state index in [2.05, 4.69) is 4.98 Å². The quantitative estimate of drug-likeness (QED) is 0.508. The Morgan fingerprint density at radius 1 is 0.944 bits per heavy atom. The number of aromatic amines is 1. The lowest BCUT2D eigenvalue weighted by Gasteiger charge is -2.05. The van der Waals surface area contributed by atoms with Gasteiger partial charge in [0.1, 0.15) is 0 Å². The first-order valence-corrected chi connectivity index (χ1v) is 5.81. The van der Waals surface area contributed by atoms with Crippen LogP contribution in [0.5, 0.6) is 0 Å². The summed E-state index contributed by atoms with van der Waals surface area (Å²) in [5.74, 6) is 0. The lowest BCUT2D eigenvalue weighted by atomic mass is 9.96. The van der Waals surface area contributed by atoms with Gasteiger partial charge in [-0.15, -0.1) is 0 Å². The lowest BCUT2D eigenvalue weighted by molar-refractivity contribution is 1.24. The summed E-state index contributed by atoms with van der Waals surface area (Å²) in [6.45, 7) is 1.87. The zero-order valence-corrected chi connectivity index (χ0v) is 9.70. The molecule has 4 aromatic rings. The second kappa shape index (κ2) is 2.88. The van der Waals surface area contributed by atoms with Crippen molar-refractivity contribution in [1.82, 2.24) is 4.98 Å². The summed E-state index contributed by atoms with van der Waals surface area (Å²) in [6.07, 6.45) is 0. The van der Waals surface area contributed by atoms with Crippen LogP contribution in [0.4, 0.5) is 0 Å². The Morgan fingerprint density at radius 3 is 2.44 bits per heavy atom. The molecule has 1 N–H and O–H groups in total. The summed E-state index contributed by atoms with van der Waals surface area (Å²) >= 11 is 0. The van der Waals surface area contributed by atoms with Gasteiger partial charge in [0.05, 0.1) is 5.39 Å². The molecule has 2 heterocycles. The summed E-state index contributed by atoms with van der Waals surface area (Å²) in [4.78, 5) is 26.6. The van der Waals surface area contributed by atoms with Gasteiger partial charge in [0.2, 0.25) is 0 Å². The first-order chi connectivity index (χ1) is 8.66. The van der Waals surface area contributed by atoms with Crippen LogP contribution in [0.25, 0.3) is 33.0 Å². The van der Waals surface area contributed by atoms with Gasteiger partial charge in [-0.25, -0.2) is 0 Å². The third kappa shape index (κ3) is 0.949. The molecular formula is C15H9NO2. The maximum absolute atomic E-state index is 12.1. The third-order valence-corrected chi connectivity index (χ3v) is 3.66. The maximum Gasteiger partial charge on any atom is 0.259 e. The van der Waals surface area contributed by atoms with Gasteiger partial charge in [0.25, 0.3) is 11.1 Å². The van der Waals surface area contributed by atoms with Crippen molar-refractivity contribution < 1.29 is 0 Å². The van der Waals surface area contributed by atoms with Crippen LogP contribution in [0.2, 0.25) is 0 Å². The van der Waals surface area contributed by atoms with Crippen molar-refractivity contribution in [3.63, 3.8) is 0 Å². The van der Waals surface area contributed by atoms with Crippen molar-refractivity contribution in [2.45, 2.75) is 6.92 Å². The Labute approximate surface area is 102 Å². The highest BCUT2D eigenvalue weighted by Gasteiger charge is 2.24. The largest absolute Gasteiger partial charge is 0.288 e. The number of hydrogen-bond donors (Lipinski definition) is 1. The maximum atomic E-state index is 12.1. The molecule has 0 fully saturated rings. The van der Waals surface area contributed by atoms with Crippen LogP contribution in [0, 0.1) is 6.92 Å². The van der Waals surface area contributed by atoms with Gasteiger partial charge in [-0.2, -0.15) is 0 Å². The average molecular weight is 235 g/mol. The van der Waals surface area contributed by atoms with Gasteiger partial charge in [-0.05, 0) is 35.7 Å². The Balaban J connectivity index is 2.47. The molecule has 0 saturated carbocycles. The Bertz CT molecular complexity index is 922. The normalized spacial score (nSPS) is 12.1. The zero-order valence-electron chi connectivity index (χ0n) is 9.70. The first-order valence-electron chi connectivity index (χ1n) is 5.81. The second-order valence-corrected chi connectivity index (χ2v) is 4.73. The topological polar surface area (TPSA) is 49.9 Å². The van der Waals surface area contributed by atoms with Crippen molar-refractivity contribution >= 4 is 10.8 Å². The minimum Gasteiger partial charge on any atom is -0.288 e. The van der Waals surface area contributed by atoms with Gasteiger partial charge in [-0.1, -0.05) is 18.2 Å². The van der Waals surface area contributed by atoms with Crippen LogP contribution >= 0.6 is 0 Å². The van der Waals surface area contributed by atoms with E-state index in [9.17, 15) is 9.59 Å². The summed E-state index contributed by atoms with van der Waals surface area (Å²) in [7, 11) is 0. The van der Waals surface area contributed by atoms with Crippen molar-refractivity contribution in [3.05, 3.63) is 56.6 Å². The minimum absolute atomic E-state index is 0.295. The first kappa shape index (κ1) is 9.59. The van der Waals surface area contributed by atoms with Gasteiger partial charge in [0.15, 0.2) is 0 Å². The lowest BCUT2D eigenvalue weighted by Crippen LogP contribution is -2.12. The molecule has 0 aliphatic heterocycles. The fourth-order valence-electron chi connectivity index (χ4n) is 2.94. The molecule has 86 valence electrons. The summed E-state index contributed by atoms with van der Waals surface area (Å²) in [5.41, 5.74) is 4.11. The Morgan fingerprint density at radius 2 is 1.67 bits per heavy atom. The molecule has 2 aromatic heterocycles. The number of nitrogens with one attached hydrogen (secondary N) is 1. The fourth-order valence-corrected chi connectivity index (χ4v) is 2.94. The van der Waals surface area contributed by atoms with Crippen LogP contribution in [-0.2, 0) is 0 Å². The van der Waals surface area contributed by atoms with E-state index in [1.165, 1.54) is 0 Å². The van der Waals surface area contributed by atoms with E-state index >= 15 is 0 Å². The van der Waals surface area contributed by atoms with Gasteiger partial charge in [0, 0.05) is 16.5 Å². The van der Waals surface area contributed by atoms with E-state index in [1.807, 2.05) is 37.3 Å². The molecular weight excluding hydrogens is 226 g/mol. The molecule has 3 heteroatoms. The summed E-state index contributed by atoms with van der Waals surface area (Å²) < 4.78 is 0. The van der Waals surface area contributed by atoms with Crippen LogP contribution in [0.15, 0.2) is 39.9 Å². The summed E-state index contributed by atoms with van der Waals surface area (Å²) in [5, 5.41) is 1.22. The van der Waals surface area contributed by atoms with E-state index in [1.54, 1.807) is 0 Å². The number of fused-ring (bicyclic) bond motifs is 5. The molecule has 3 nitrogen and oxygen atoms in total. The molecule has 0 unspecified atom stereocenters. The molecule has 0 atom stereocenters. The van der Waals surface area contributed by atoms with Crippen molar-refractivity contribution in [2.24, 2.45) is 0 Å². The molecule has 1 aliphatic rings. The molecule has 4 bridgehead atoms. The number of rotatable bonds is 0. The second-order valence-electron chi connectivity index (χ2n) is 4.73. The number of H-pyrrole nitrogens is 1. The fraction of sp³-hybridized carbons (Fsp3) is 0.0667. The third-order valence-electron chi connectivity index (χ3n) is 3.66. The summed E-state index contributed by atoms with van der Waals surface area (Å²) in [6, 6.07) is 9.75. The van der Waals surface area contributed by atoms with Crippen LogP contribution < -0.4 is 11.1 Å². The number of aromatic nitrogens is 1. The monoisotopic (exact) mass is 235 g/mol. The predicted molar refractivity (Wildman–Crippen MR) is 71.2 cm³/mol. The molecule has 5 rings (SSSR count). The van der Waals surface area contributed by atoms with Crippen LogP contribution in [0.3, 0.4) is 0 Å². The smallest absolute Gasteiger partial charge is 0.259 e. The van der Waals surface area contributed by atoms with Crippen LogP contribution in [0.1, 0.15) is 5.56 Å². The Hall–Kier alpha value is -2.42. The van der Waals surface area contributed by atoms with Crippen molar-refractivity contribution in [1.29, 1.82) is 0 Å². The van der Waals surface area contributed by atoms with Gasteiger partial charge in [-0.3, -0.25) is 14.6 Å².